The standard InChI is InChI=1S/C26H33N3O3S/c1-21(11-12-22-9-5-4-6-10-22)27-26(30)20-28-18-15-23-19-24(13-14-25(23)28)33(31,32)29-16-7-2-3-8-17-29/h4-6,9-10,13-15,18-19,21H,2-3,7-8,11-12,16-17,20H2,1H3,(H,27,30)/t21-/m1/s1. The van der Waals surface area contributed by atoms with E-state index in [9.17, 15) is 13.2 Å². The van der Waals surface area contributed by atoms with E-state index in [4.69, 9.17) is 0 Å². The van der Waals surface area contributed by atoms with Crippen LogP contribution in [-0.4, -0.2) is 42.3 Å². The topological polar surface area (TPSA) is 71.4 Å². The lowest BCUT2D eigenvalue weighted by atomic mass is 10.1. The molecule has 1 aliphatic heterocycles. The lowest BCUT2D eigenvalue weighted by molar-refractivity contribution is -0.122. The first-order valence-corrected chi connectivity index (χ1v) is 13.3. The average molecular weight is 468 g/mol. The molecule has 3 aromatic rings. The fourth-order valence-corrected chi connectivity index (χ4v) is 6.04. The maximum Gasteiger partial charge on any atom is 0.243 e. The molecule has 1 aliphatic rings. The summed E-state index contributed by atoms with van der Waals surface area (Å²) in [6.07, 6.45) is 7.64. The highest BCUT2D eigenvalue weighted by atomic mass is 32.2. The van der Waals surface area contributed by atoms with Crippen molar-refractivity contribution in [3.63, 3.8) is 0 Å². The van der Waals surface area contributed by atoms with Crippen LogP contribution in [-0.2, 0) is 27.8 Å². The molecule has 1 N–H and O–H groups in total. The molecule has 1 amide bonds. The Hall–Kier alpha value is -2.64. The predicted molar refractivity (Wildman–Crippen MR) is 132 cm³/mol. The second-order valence-electron chi connectivity index (χ2n) is 8.98. The van der Waals surface area contributed by atoms with E-state index >= 15 is 0 Å². The molecular weight excluding hydrogens is 434 g/mol. The van der Waals surface area contributed by atoms with Crippen molar-refractivity contribution in [3.05, 3.63) is 66.4 Å². The molecule has 0 unspecified atom stereocenters. The molecule has 1 atom stereocenters. The minimum atomic E-state index is -3.49. The Morgan fingerprint density at radius 2 is 1.73 bits per heavy atom. The van der Waals surface area contributed by atoms with Crippen molar-refractivity contribution < 1.29 is 13.2 Å². The lowest BCUT2D eigenvalue weighted by Crippen LogP contribution is -2.35. The van der Waals surface area contributed by atoms with E-state index in [1.807, 2.05) is 48.0 Å². The summed E-state index contributed by atoms with van der Waals surface area (Å²) in [5.74, 6) is -0.0469. The van der Waals surface area contributed by atoms with Crippen LogP contribution in [0.25, 0.3) is 10.9 Å². The van der Waals surface area contributed by atoms with Gasteiger partial charge >= 0.3 is 0 Å². The normalized spacial score (nSPS) is 16.4. The molecule has 1 saturated heterocycles. The van der Waals surface area contributed by atoms with E-state index in [1.54, 1.807) is 16.4 Å². The van der Waals surface area contributed by atoms with Crippen LogP contribution in [0.3, 0.4) is 0 Å². The molecule has 2 aromatic carbocycles. The molecule has 4 rings (SSSR count). The molecule has 0 aliphatic carbocycles. The van der Waals surface area contributed by atoms with Crippen LogP contribution in [0.2, 0.25) is 0 Å². The summed E-state index contributed by atoms with van der Waals surface area (Å²) in [5, 5.41) is 3.90. The smallest absolute Gasteiger partial charge is 0.243 e. The van der Waals surface area contributed by atoms with Crippen LogP contribution < -0.4 is 5.32 Å². The fraction of sp³-hybridized carbons (Fsp3) is 0.423. The SMILES string of the molecule is C[C@H](CCc1ccccc1)NC(=O)Cn1ccc2cc(S(=O)(=O)N3CCCCCC3)ccc21. The first kappa shape index (κ1) is 23.5. The third-order valence-corrected chi connectivity index (χ3v) is 8.27. The molecule has 6 nitrogen and oxygen atoms in total. The van der Waals surface area contributed by atoms with Crippen LogP contribution in [0, 0.1) is 0 Å². The van der Waals surface area contributed by atoms with E-state index in [-0.39, 0.29) is 18.5 Å². The molecule has 1 aromatic heterocycles. The predicted octanol–water partition coefficient (Wildman–Crippen LogP) is 4.34. The van der Waals surface area contributed by atoms with Gasteiger partial charge in [0.25, 0.3) is 0 Å². The number of amides is 1. The zero-order valence-electron chi connectivity index (χ0n) is 19.2. The maximum atomic E-state index is 13.1. The van der Waals surface area contributed by atoms with Crippen molar-refractivity contribution in [2.24, 2.45) is 0 Å². The summed E-state index contributed by atoms with van der Waals surface area (Å²) in [4.78, 5) is 12.9. The molecule has 0 bridgehead atoms. The van der Waals surface area contributed by atoms with E-state index in [2.05, 4.69) is 17.4 Å². The van der Waals surface area contributed by atoms with Crippen LogP contribution in [0.1, 0.15) is 44.6 Å². The van der Waals surface area contributed by atoms with Crippen LogP contribution in [0.15, 0.2) is 65.7 Å². The van der Waals surface area contributed by atoms with Gasteiger partial charge in [0, 0.05) is 36.2 Å². The van der Waals surface area contributed by atoms with Gasteiger partial charge in [0.1, 0.15) is 6.54 Å². The summed E-state index contributed by atoms with van der Waals surface area (Å²) in [7, 11) is -3.49. The molecule has 0 radical (unpaired) electrons. The van der Waals surface area contributed by atoms with Gasteiger partial charge in [0.2, 0.25) is 15.9 Å². The van der Waals surface area contributed by atoms with Crippen molar-refractivity contribution in [2.45, 2.75) is 62.9 Å². The Morgan fingerprint density at radius 3 is 2.45 bits per heavy atom. The quantitative estimate of drug-likeness (QED) is 0.536. The van der Waals surface area contributed by atoms with E-state index in [1.165, 1.54) is 5.56 Å². The first-order chi connectivity index (χ1) is 15.9. The number of sulfonamides is 1. The summed E-state index contributed by atoms with van der Waals surface area (Å²) < 4.78 is 29.7. The largest absolute Gasteiger partial charge is 0.352 e. The number of carbonyl (C=O) groups is 1. The van der Waals surface area contributed by atoms with Crippen molar-refractivity contribution in [1.82, 2.24) is 14.2 Å². The molecule has 0 spiro atoms. The number of hydrogen-bond acceptors (Lipinski definition) is 3. The van der Waals surface area contributed by atoms with Gasteiger partial charge in [0.15, 0.2) is 0 Å². The van der Waals surface area contributed by atoms with Gasteiger partial charge in [-0.1, -0.05) is 43.2 Å². The first-order valence-electron chi connectivity index (χ1n) is 11.9. The zero-order chi connectivity index (χ0) is 23.3. The highest BCUT2D eigenvalue weighted by Crippen LogP contribution is 2.25. The van der Waals surface area contributed by atoms with Crippen molar-refractivity contribution >= 4 is 26.8 Å². The number of aromatic nitrogens is 1. The number of carbonyl (C=O) groups excluding carboxylic acids is 1. The molecule has 7 heteroatoms. The highest BCUT2D eigenvalue weighted by molar-refractivity contribution is 7.89. The number of nitrogens with one attached hydrogen (secondary N) is 1. The van der Waals surface area contributed by atoms with Crippen molar-refractivity contribution in [3.8, 4) is 0 Å². The van der Waals surface area contributed by atoms with Crippen LogP contribution in [0.5, 0.6) is 0 Å². The van der Waals surface area contributed by atoms with E-state index in [0.29, 0.717) is 18.0 Å². The van der Waals surface area contributed by atoms with E-state index < -0.39 is 10.0 Å². The number of rotatable bonds is 8. The maximum absolute atomic E-state index is 13.1. The second-order valence-corrected chi connectivity index (χ2v) is 10.9. The van der Waals surface area contributed by atoms with Gasteiger partial charge < -0.3 is 9.88 Å². The number of aryl methyl sites for hydroxylation is 1. The van der Waals surface area contributed by atoms with Crippen molar-refractivity contribution in [1.29, 1.82) is 0 Å². The Kier molecular flexibility index (Phi) is 7.50. The zero-order valence-corrected chi connectivity index (χ0v) is 20.1. The fourth-order valence-electron chi connectivity index (χ4n) is 4.48. The number of benzene rings is 2. The van der Waals surface area contributed by atoms with Crippen LogP contribution in [0.4, 0.5) is 0 Å². The second kappa shape index (κ2) is 10.5. The van der Waals surface area contributed by atoms with Gasteiger partial charge in [-0.05, 0) is 62.4 Å². The average Bonchev–Trinajstić information content (AvgIpc) is 3.01. The molecule has 2 heterocycles. The van der Waals surface area contributed by atoms with Gasteiger partial charge in [-0.3, -0.25) is 4.79 Å². The summed E-state index contributed by atoms with van der Waals surface area (Å²) in [6.45, 7) is 3.40. The third kappa shape index (κ3) is 5.84. The number of hydrogen-bond donors (Lipinski definition) is 1. The molecule has 33 heavy (non-hydrogen) atoms. The molecular formula is C26H33N3O3S. The number of nitrogens with zero attached hydrogens (tertiary/aromatic N) is 2. The number of fused-ring (bicyclic) bond motifs is 1. The minimum absolute atomic E-state index is 0.0469. The molecule has 0 saturated carbocycles. The summed E-state index contributed by atoms with van der Waals surface area (Å²) >= 11 is 0. The van der Waals surface area contributed by atoms with Crippen molar-refractivity contribution in [2.75, 3.05) is 13.1 Å². The third-order valence-electron chi connectivity index (χ3n) is 6.38. The molecule has 176 valence electrons. The highest BCUT2D eigenvalue weighted by Gasteiger charge is 2.25. The van der Waals surface area contributed by atoms with Gasteiger partial charge in [-0.15, -0.1) is 0 Å². The monoisotopic (exact) mass is 467 g/mol. The Bertz CT molecular complexity index is 1180. The Labute approximate surface area is 196 Å². The van der Waals surface area contributed by atoms with Gasteiger partial charge in [0.05, 0.1) is 4.90 Å². The van der Waals surface area contributed by atoms with Gasteiger partial charge in [-0.25, -0.2) is 8.42 Å². The lowest BCUT2D eigenvalue weighted by Gasteiger charge is -2.20. The summed E-state index contributed by atoms with van der Waals surface area (Å²) in [5.41, 5.74) is 2.12. The van der Waals surface area contributed by atoms with E-state index in [0.717, 1.165) is 49.4 Å². The Balaban J connectivity index is 1.39. The van der Waals surface area contributed by atoms with Gasteiger partial charge in [-0.2, -0.15) is 4.31 Å². The Morgan fingerprint density at radius 1 is 1.00 bits per heavy atom. The summed E-state index contributed by atoms with van der Waals surface area (Å²) in [6, 6.07) is 17.4. The van der Waals surface area contributed by atoms with Crippen LogP contribution >= 0.6 is 0 Å². The minimum Gasteiger partial charge on any atom is -0.352 e. The molecule has 1 fully saturated rings.